The van der Waals surface area contributed by atoms with Gasteiger partial charge in [0.25, 0.3) is 0 Å². The van der Waals surface area contributed by atoms with Gasteiger partial charge in [-0.15, -0.1) is 0 Å². The zero-order valence-electron chi connectivity index (χ0n) is 13.1. The van der Waals surface area contributed by atoms with E-state index in [0.29, 0.717) is 12.0 Å². The maximum Gasteiger partial charge on any atom is 0.0726 e. The summed E-state index contributed by atoms with van der Waals surface area (Å²) in [6.07, 6.45) is 3.79. The molecule has 1 aliphatic rings. The zero-order valence-corrected chi connectivity index (χ0v) is 13.1. The number of benzene rings is 1. The number of hydrogen-bond donors (Lipinski definition) is 1. The van der Waals surface area contributed by atoms with Crippen LogP contribution in [0.3, 0.4) is 0 Å². The second-order valence-electron chi connectivity index (χ2n) is 6.51. The van der Waals surface area contributed by atoms with Crippen molar-refractivity contribution in [3.63, 3.8) is 0 Å². The smallest absolute Gasteiger partial charge is 0.0726 e. The molecule has 1 aromatic heterocycles. The molecule has 0 atom stereocenters. The van der Waals surface area contributed by atoms with Gasteiger partial charge in [0, 0.05) is 30.7 Å². The maximum absolute atomic E-state index is 5.82. The lowest BCUT2D eigenvalue weighted by Gasteiger charge is -2.40. The molecule has 0 amide bonds. The summed E-state index contributed by atoms with van der Waals surface area (Å²) in [5.74, 6) is 0. The SMILES string of the molecule is CCC1(C)CCN(c2cc(CN)nc3ccccc23)CC1. The molecular weight excluding hydrogens is 258 g/mol. The first-order valence-electron chi connectivity index (χ1n) is 7.99. The number of nitrogens with two attached hydrogens (primary N) is 1. The summed E-state index contributed by atoms with van der Waals surface area (Å²) in [7, 11) is 0. The van der Waals surface area contributed by atoms with Crippen LogP contribution in [-0.4, -0.2) is 18.1 Å². The number of anilines is 1. The summed E-state index contributed by atoms with van der Waals surface area (Å²) in [6.45, 7) is 7.48. The maximum atomic E-state index is 5.82. The van der Waals surface area contributed by atoms with E-state index in [0.717, 1.165) is 24.3 Å². The minimum Gasteiger partial charge on any atom is -0.371 e. The van der Waals surface area contributed by atoms with Crippen LogP contribution in [0.1, 0.15) is 38.8 Å². The molecule has 0 spiro atoms. The number of fused-ring (bicyclic) bond motifs is 1. The number of hydrogen-bond acceptors (Lipinski definition) is 3. The fourth-order valence-electron chi connectivity index (χ4n) is 3.22. The third-order valence-electron chi connectivity index (χ3n) is 5.12. The molecule has 0 unspecified atom stereocenters. The molecule has 112 valence electrons. The molecule has 0 radical (unpaired) electrons. The van der Waals surface area contributed by atoms with Gasteiger partial charge in [-0.2, -0.15) is 0 Å². The molecule has 0 aliphatic carbocycles. The Morgan fingerprint density at radius 2 is 1.95 bits per heavy atom. The molecule has 2 N–H and O–H groups in total. The van der Waals surface area contributed by atoms with Gasteiger partial charge >= 0.3 is 0 Å². The Morgan fingerprint density at radius 3 is 2.62 bits per heavy atom. The molecule has 3 rings (SSSR count). The number of piperidine rings is 1. The van der Waals surface area contributed by atoms with Crippen LogP contribution in [0.25, 0.3) is 10.9 Å². The normalized spacial score (nSPS) is 18.1. The summed E-state index contributed by atoms with van der Waals surface area (Å²) in [5.41, 5.74) is 9.67. The van der Waals surface area contributed by atoms with E-state index in [4.69, 9.17) is 5.73 Å². The van der Waals surface area contributed by atoms with E-state index in [-0.39, 0.29) is 0 Å². The van der Waals surface area contributed by atoms with Crippen molar-refractivity contribution < 1.29 is 0 Å². The molecule has 1 aliphatic heterocycles. The van der Waals surface area contributed by atoms with Crippen LogP contribution in [0, 0.1) is 5.41 Å². The van der Waals surface area contributed by atoms with E-state index in [1.165, 1.54) is 30.3 Å². The summed E-state index contributed by atoms with van der Waals surface area (Å²) in [5, 5.41) is 1.25. The van der Waals surface area contributed by atoms with Gasteiger partial charge in [0.1, 0.15) is 0 Å². The average molecular weight is 283 g/mol. The lowest BCUT2D eigenvalue weighted by Crippen LogP contribution is -2.38. The molecule has 0 bridgehead atoms. The second-order valence-corrected chi connectivity index (χ2v) is 6.51. The molecule has 1 fully saturated rings. The van der Waals surface area contributed by atoms with Gasteiger partial charge in [0.05, 0.1) is 11.2 Å². The van der Waals surface area contributed by atoms with E-state index >= 15 is 0 Å². The van der Waals surface area contributed by atoms with Crippen molar-refractivity contribution in [2.24, 2.45) is 11.1 Å². The monoisotopic (exact) mass is 283 g/mol. The van der Waals surface area contributed by atoms with E-state index in [9.17, 15) is 0 Å². The molecule has 1 saturated heterocycles. The zero-order chi connectivity index (χ0) is 14.9. The molecule has 2 heterocycles. The first kappa shape index (κ1) is 14.3. The van der Waals surface area contributed by atoms with Crippen molar-refractivity contribution in [1.82, 2.24) is 4.98 Å². The fourth-order valence-corrected chi connectivity index (χ4v) is 3.22. The van der Waals surface area contributed by atoms with Crippen LogP contribution in [0.15, 0.2) is 30.3 Å². The first-order chi connectivity index (χ1) is 10.1. The quantitative estimate of drug-likeness (QED) is 0.933. The molecule has 0 saturated carbocycles. The lowest BCUT2D eigenvalue weighted by atomic mass is 9.78. The summed E-state index contributed by atoms with van der Waals surface area (Å²) < 4.78 is 0. The highest BCUT2D eigenvalue weighted by atomic mass is 15.1. The van der Waals surface area contributed by atoms with Crippen molar-refractivity contribution in [2.45, 2.75) is 39.7 Å². The number of nitrogens with zero attached hydrogens (tertiary/aromatic N) is 2. The molecule has 3 nitrogen and oxygen atoms in total. The largest absolute Gasteiger partial charge is 0.371 e. The third kappa shape index (κ3) is 2.75. The highest BCUT2D eigenvalue weighted by Gasteiger charge is 2.29. The number of para-hydroxylation sites is 1. The van der Waals surface area contributed by atoms with E-state index in [1.807, 2.05) is 6.07 Å². The Hall–Kier alpha value is -1.61. The van der Waals surface area contributed by atoms with E-state index < -0.39 is 0 Å². The number of aromatic nitrogens is 1. The minimum atomic E-state index is 0.498. The van der Waals surface area contributed by atoms with Gasteiger partial charge in [-0.1, -0.05) is 38.5 Å². The molecule has 1 aromatic carbocycles. The summed E-state index contributed by atoms with van der Waals surface area (Å²) >= 11 is 0. The van der Waals surface area contributed by atoms with Crippen molar-refractivity contribution in [3.05, 3.63) is 36.0 Å². The predicted molar refractivity (Wildman–Crippen MR) is 89.5 cm³/mol. The van der Waals surface area contributed by atoms with Crippen LogP contribution in [0.5, 0.6) is 0 Å². The van der Waals surface area contributed by atoms with Crippen molar-refractivity contribution in [2.75, 3.05) is 18.0 Å². The van der Waals surface area contributed by atoms with Gasteiger partial charge in [-0.05, 0) is 30.4 Å². The van der Waals surface area contributed by atoms with Crippen LogP contribution in [-0.2, 0) is 6.54 Å². The summed E-state index contributed by atoms with van der Waals surface area (Å²) in [4.78, 5) is 7.16. The topological polar surface area (TPSA) is 42.1 Å². The van der Waals surface area contributed by atoms with Crippen LogP contribution < -0.4 is 10.6 Å². The highest BCUT2D eigenvalue weighted by molar-refractivity contribution is 5.92. The Bertz CT molecular complexity index is 627. The fraction of sp³-hybridized carbons (Fsp3) is 0.500. The van der Waals surface area contributed by atoms with Gasteiger partial charge in [0.2, 0.25) is 0 Å². The number of pyridine rings is 1. The van der Waals surface area contributed by atoms with Crippen molar-refractivity contribution in [1.29, 1.82) is 0 Å². The Kier molecular flexibility index (Phi) is 3.85. The molecule has 21 heavy (non-hydrogen) atoms. The third-order valence-corrected chi connectivity index (χ3v) is 5.12. The van der Waals surface area contributed by atoms with Gasteiger partial charge in [0.15, 0.2) is 0 Å². The lowest BCUT2D eigenvalue weighted by molar-refractivity contribution is 0.238. The Labute approximate surface area is 127 Å². The minimum absolute atomic E-state index is 0.498. The summed E-state index contributed by atoms with van der Waals surface area (Å²) in [6, 6.07) is 10.6. The van der Waals surface area contributed by atoms with Gasteiger partial charge in [-0.3, -0.25) is 4.98 Å². The average Bonchev–Trinajstić information content (AvgIpc) is 2.54. The Morgan fingerprint density at radius 1 is 1.24 bits per heavy atom. The number of rotatable bonds is 3. The van der Waals surface area contributed by atoms with Crippen LogP contribution in [0.4, 0.5) is 5.69 Å². The van der Waals surface area contributed by atoms with Gasteiger partial charge < -0.3 is 10.6 Å². The molecule has 2 aromatic rings. The van der Waals surface area contributed by atoms with E-state index in [1.54, 1.807) is 0 Å². The van der Waals surface area contributed by atoms with Gasteiger partial charge in [-0.25, -0.2) is 0 Å². The van der Waals surface area contributed by atoms with E-state index in [2.05, 4.69) is 48.0 Å². The van der Waals surface area contributed by atoms with Crippen molar-refractivity contribution in [3.8, 4) is 0 Å². The van der Waals surface area contributed by atoms with Crippen LogP contribution in [0.2, 0.25) is 0 Å². The predicted octanol–water partition coefficient (Wildman–Crippen LogP) is 3.71. The highest BCUT2D eigenvalue weighted by Crippen LogP contribution is 2.37. The second kappa shape index (κ2) is 5.64. The first-order valence-corrected chi connectivity index (χ1v) is 7.99. The van der Waals surface area contributed by atoms with Crippen molar-refractivity contribution >= 4 is 16.6 Å². The standard InChI is InChI=1S/C18H25N3/c1-3-18(2)8-10-21(11-9-18)17-12-14(13-19)20-16-7-5-4-6-15(16)17/h4-7,12H,3,8-11,13,19H2,1-2H3. The van der Waals surface area contributed by atoms with Crippen LogP contribution >= 0.6 is 0 Å². The Balaban J connectivity index is 1.97. The molecular formula is C18H25N3. The molecule has 3 heteroatoms.